The number of nitrogens with one attached hydrogen (secondary N) is 1. The fourth-order valence-corrected chi connectivity index (χ4v) is 3.79. The van der Waals surface area contributed by atoms with Crippen LogP contribution >= 0.6 is 0 Å². The number of hydrogen-bond donors (Lipinski definition) is 1. The van der Waals surface area contributed by atoms with Crippen LogP contribution in [0.4, 0.5) is 0 Å². The molecule has 26 heavy (non-hydrogen) atoms. The van der Waals surface area contributed by atoms with Gasteiger partial charge in [0, 0.05) is 31.9 Å². The molecular formula is C21H24N4O. The first-order valence-corrected chi connectivity index (χ1v) is 9.36. The summed E-state index contributed by atoms with van der Waals surface area (Å²) in [5.41, 5.74) is 4.53. The first-order valence-electron chi connectivity index (χ1n) is 9.36. The van der Waals surface area contributed by atoms with Gasteiger partial charge in [0.25, 0.3) is 0 Å². The molecule has 0 bridgehead atoms. The summed E-state index contributed by atoms with van der Waals surface area (Å²) in [7, 11) is 0. The number of benzene rings is 1. The van der Waals surface area contributed by atoms with E-state index in [4.69, 9.17) is 0 Å². The Bertz CT molecular complexity index is 866. The molecule has 134 valence electrons. The van der Waals surface area contributed by atoms with Crippen LogP contribution in [0.1, 0.15) is 30.4 Å². The number of aryl methyl sites for hydroxylation is 1. The normalized spacial score (nSPS) is 15.5. The van der Waals surface area contributed by atoms with Gasteiger partial charge in [-0.05, 0) is 67.0 Å². The highest BCUT2D eigenvalue weighted by atomic mass is 16.2. The van der Waals surface area contributed by atoms with Gasteiger partial charge >= 0.3 is 0 Å². The van der Waals surface area contributed by atoms with E-state index in [1.54, 1.807) is 6.33 Å². The molecule has 1 fully saturated rings. The van der Waals surface area contributed by atoms with Crippen LogP contribution in [0, 0.1) is 5.92 Å². The number of aromatic nitrogens is 3. The van der Waals surface area contributed by atoms with E-state index in [0.29, 0.717) is 12.3 Å². The molecule has 1 amide bonds. The van der Waals surface area contributed by atoms with Crippen LogP contribution in [0.15, 0.2) is 49.1 Å². The molecule has 5 heteroatoms. The van der Waals surface area contributed by atoms with E-state index < -0.39 is 0 Å². The number of amides is 1. The second-order valence-corrected chi connectivity index (χ2v) is 7.14. The summed E-state index contributed by atoms with van der Waals surface area (Å²) in [5, 5.41) is 0. The molecule has 0 aliphatic carbocycles. The minimum Gasteiger partial charge on any atom is -0.345 e. The molecule has 2 aromatic heterocycles. The summed E-state index contributed by atoms with van der Waals surface area (Å²) < 4.78 is 0. The summed E-state index contributed by atoms with van der Waals surface area (Å²) in [4.78, 5) is 26.0. The van der Waals surface area contributed by atoms with Crippen molar-refractivity contribution in [2.24, 2.45) is 5.92 Å². The first kappa shape index (κ1) is 16.8. The highest BCUT2D eigenvalue weighted by Gasteiger charge is 2.22. The zero-order valence-corrected chi connectivity index (χ0v) is 14.9. The van der Waals surface area contributed by atoms with E-state index in [-0.39, 0.29) is 5.91 Å². The number of aromatic amines is 1. The molecule has 0 radical (unpaired) electrons. The Morgan fingerprint density at radius 2 is 1.92 bits per heavy atom. The minimum absolute atomic E-state index is 0.275. The van der Waals surface area contributed by atoms with Crippen molar-refractivity contribution in [3.05, 3.63) is 60.2 Å². The maximum absolute atomic E-state index is 12.5. The Labute approximate surface area is 153 Å². The molecule has 0 saturated carbocycles. The minimum atomic E-state index is 0.275. The van der Waals surface area contributed by atoms with E-state index in [1.165, 1.54) is 11.1 Å². The molecular weight excluding hydrogens is 324 g/mol. The number of carbonyl (C=O) groups is 1. The van der Waals surface area contributed by atoms with Crippen LogP contribution in [-0.4, -0.2) is 38.8 Å². The lowest BCUT2D eigenvalue weighted by Gasteiger charge is -2.32. The molecule has 1 aromatic carbocycles. The summed E-state index contributed by atoms with van der Waals surface area (Å²) in [5.74, 6) is 0.946. The van der Waals surface area contributed by atoms with Gasteiger partial charge in [-0.2, -0.15) is 0 Å². The lowest BCUT2D eigenvalue weighted by Crippen LogP contribution is -2.39. The zero-order chi connectivity index (χ0) is 17.8. The van der Waals surface area contributed by atoms with Crippen LogP contribution in [0.3, 0.4) is 0 Å². The third-order valence-electron chi connectivity index (χ3n) is 5.35. The van der Waals surface area contributed by atoms with Gasteiger partial charge in [-0.15, -0.1) is 0 Å². The van der Waals surface area contributed by atoms with Crippen molar-refractivity contribution in [3.63, 3.8) is 0 Å². The first-order chi connectivity index (χ1) is 12.8. The lowest BCUT2D eigenvalue weighted by atomic mass is 9.90. The van der Waals surface area contributed by atoms with Gasteiger partial charge in [0.2, 0.25) is 5.91 Å². The maximum atomic E-state index is 12.5. The third kappa shape index (κ3) is 3.93. The van der Waals surface area contributed by atoms with E-state index >= 15 is 0 Å². The van der Waals surface area contributed by atoms with Crippen molar-refractivity contribution in [2.75, 3.05) is 13.1 Å². The van der Waals surface area contributed by atoms with Gasteiger partial charge in [0.05, 0.1) is 17.4 Å². The Morgan fingerprint density at radius 3 is 2.73 bits per heavy atom. The lowest BCUT2D eigenvalue weighted by molar-refractivity contribution is -0.132. The van der Waals surface area contributed by atoms with Crippen molar-refractivity contribution in [2.45, 2.75) is 32.1 Å². The van der Waals surface area contributed by atoms with E-state index in [0.717, 1.165) is 49.8 Å². The largest absolute Gasteiger partial charge is 0.345 e. The number of carbonyl (C=O) groups excluding carboxylic acids is 1. The monoisotopic (exact) mass is 348 g/mol. The van der Waals surface area contributed by atoms with Crippen molar-refractivity contribution in [3.8, 4) is 0 Å². The van der Waals surface area contributed by atoms with Gasteiger partial charge in [-0.3, -0.25) is 9.78 Å². The highest BCUT2D eigenvalue weighted by molar-refractivity contribution is 5.77. The van der Waals surface area contributed by atoms with Crippen LogP contribution in [0.2, 0.25) is 0 Å². The molecule has 0 atom stereocenters. The fourth-order valence-electron chi connectivity index (χ4n) is 3.79. The van der Waals surface area contributed by atoms with Gasteiger partial charge in [-0.25, -0.2) is 4.98 Å². The van der Waals surface area contributed by atoms with Crippen molar-refractivity contribution >= 4 is 16.9 Å². The molecule has 3 heterocycles. The van der Waals surface area contributed by atoms with Crippen LogP contribution in [0.5, 0.6) is 0 Å². The average molecular weight is 348 g/mol. The van der Waals surface area contributed by atoms with Gasteiger partial charge in [-0.1, -0.05) is 6.07 Å². The average Bonchev–Trinajstić information content (AvgIpc) is 3.15. The van der Waals surface area contributed by atoms with Crippen LogP contribution in [-0.2, 0) is 17.6 Å². The summed E-state index contributed by atoms with van der Waals surface area (Å²) in [6, 6.07) is 10.4. The molecule has 1 aliphatic rings. The Hall–Kier alpha value is -2.69. The molecule has 1 saturated heterocycles. The van der Waals surface area contributed by atoms with Crippen LogP contribution < -0.4 is 0 Å². The molecule has 1 aliphatic heterocycles. The van der Waals surface area contributed by atoms with Crippen molar-refractivity contribution < 1.29 is 4.79 Å². The predicted molar refractivity (Wildman–Crippen MR) is 102 cm³/mol. The number of likely N-dealkylation sites (tertiary alicyclic amines) is 1. The predicted octanol–water partition coefficient (Wildman–Crippen LogP) is 3.37. The number of pyridine rings is 1. The number of imidazole rings is 1. The van der Waals surface area contributed by atoms with Crippen molar-refractivity contribution in [1.29, 1.82) is 0 Å². The molecule has 4 rings (SSSR count). The van der Waals surface area contributed by atoms with Gasteiger partial charge < -0.3 is 9.88 Å². The maximum Gasteiger partial charge on any atom is 0.222 e. The third-order valence-corrected chi connectivity index (χ3v) is 5.35. The smallest absolute Gasteiger partial charge is 0.222 e. The van der Waals surface area contributed by atoms with E-state index in [1.807, 2.05) is 23.4 Å². The molecule has 3 aromatic rings. The number of fused-ring (bicyclic) bond motifs is 1. The molecule has 1 N–H and O–H groups in total. The number of piperidine rings is 1. The standard InChI is InChI=1S/C21H24N4O/c26-21(4-2-16-1-3-19-20(14-16)24-15-23-19)25-11-7-18(8-12-25)13-17-5-9-22-10-6-17/h1,3,5-6,9-10,14-15,18H,2,4,7-8,11-13H2,(H,23,24). The molecule has 0 spiro atoms. The zero-order valence-electron chi connectivity index (χ0n) is 14.9. The van der Waals surface area contributed by atoms with Gasteiger partial charge in [0.1, 0.15) is 0 Å². The van der Waals surface area contributed by atoms with Crippen molar-refractivity contribution in [1.82, 2.24) is 19.9 Å². The quantitative estimate of drug-likeness (QED) is 0.769. The number of nitrogens with zero attached hydrogens (tertiary/aromatic N) is 3. The summed E-state index contributed by atoms with van der Waals surface area (Å²) in [6.45, 7) is 1.77. The fraction of sp³-hybridized carbons (Fsp3) is 0.381. The Kier molecular flexibility index (Phi) is 4.95. The number of hydrogen-bond acceptors (Lipinski definition) is 3. The highest BCUT2D eigenvalue weighted by Crippen LogP contribution is 2.22. The second kappa shape index (κ2) is 7.68. The van der Waals surface area contributed by atoms with Gasteiger partial charge in [0.15, 0.2) is 0 Å². The molecule has 0 unspecified atom stereocenters. The molecule has 5 nitrogen and oxygen atoms in total. The topological polar surface area (TPSA) is 61.9 Å². The van der Waals surface area contributed by atoms with E-state index in [2.05, 4.69) is 39.2 Å². The second-order valence-electron chi connectivity index (χ2n) is 7.14. The number of rotatable bonds is 5. The SMILES string of the molecule is O=C(CCc1ccc2nc[nH]c2c1)N1CCC(Cc2ccncc2)CC1. The summed E-state index contributed by atoms with van der Waals surface area (Å²) in [6.07, 6.45) is 10.1. The Balaban J connectivity index is 1.25. The number of H-pyrrole nitrogens is 1. The van der Waals surface area contributed by atoms with E-state index in [9.17, 15) is 4.79 Å². The van der Waals surface area contributed by atoms with Crippen LogP contribution in [0.25, 0.3) is 11.0 Å². The Morgan fingerprint density at radius 1 is 1.12 bits per heavy atom. The summed E-state index contributed by atoms with van der Waals surface area (Å²) >= 11 is 0.